The Kier molecular flexibility index (Phi) is 5.44. The Morgan fingerprint density at radius 2 is 2.04 bits per heavy atom. The van der Waals surface area contributed by atoms with Gasteiger partial charge in [0.25, 0.3) is 0 Å². The second-order valence-electron chi connectivity index (χ2n) is 6.04. The monoisotopic (exact) mass is 342 g/mol. The summed E-state index contributed by atoms with van der Waals surface area (Å²) in [6.45, 7) is 3.35. The zero-order chi connectivity index (χ0) is 16.9. The van der Waals surface area contributed by atoms with Crippen LogP contribution in [0.5, 0.6) is 5.75 Å². The lowest BCUT2D eigenvalue weighted by atomic mass is 9.92. The molecule has 0 aliphatic rings. The van der Waals surface area contributed by atoms with Gasteiger partial charge in [-0.15, -0.1) is 0 Å². The van der Waals surface area contributed by atoms with E-state index in [4.69, 9.17) is 22.1 Å². The predicted molar refractivity (Wildman–Crippen MR) is 101 cm³/mol. The zero-order valence-corrected chi connectivity index (χ0v) is 14.6. The van der Waals surface area contributed by atoms with Crippen LogP contribution in [-0.4, -0.2) is 18.1 Å². The van der Waals surface area contributed by atoms with Crippen LogP contribution in [0, 0.1) is 0 Å². The Balaban J connectivity index is 1.81. The molecular formula is C20H23ClN2O. The molecule has 0 spiro atoms. The van der Waals surface area contributed by atoms with E-state index in [2.05, 4.69) is 42.4 Å². The summed E-state index contributed by atoms with van der Waals surface area (Å²) in [6.07, 6.45) is 3.89. The maximum Gasteiger partial charge on any atom is 0.137 e. The number of aromatic amines is 1. The van der Waals surface area contributed by atoms with Gasteiger partial charge in [-0.05, 0) is 48.7 Å². The van der Waals surface area contributed by atoms with Crippen molar-refractivity contribution < 1.29 is 4.74 Å². The van der Waals surface area contributed by atoms with Gasteiger partial charge < -0.3 is 15.5 Å². The highest BCUT2D eigenvalue weighted by molar-refractivity contribution is 6.32. The van der Waals surface area contributed by atoms with E-state index in [0.29, 0.717) is 18.2 Å². The molecule has 0 bridgehead atoms. The van der Waals surface area contributed by atoms with Crippen LogP contribution in [0.2, 0.25) is 5.02 Å². The molecular weight excluding hydrogens is 320 g/mol. The van der Waals surface area contributed by atoms with Gasteiger partial charge >= 0.3 is 0 Å². The topological polar surface area (TPSA) is 51.0 Å². The molecule has 2 aromatic carbocycles. The summed E-state index contributed by atoms with van der Waals surface area (Å²) >= 11 is 6.35. The van der Waals surface area contributed by atoms with Crippen LogP contribution in [0.15, 0.2) is 48.7 Å². The van der Waals surface area contributed by atoms with Gasteiger partial charge in [0.2, 0.25) is 0 Å². The van der Waals surface area contributed by atoms with Gasteiger partial charge in [-0.3, -0.25) is 0 Å². The number of fused-ring (bicyclic) bond motifs is 1. The summed E-state index contributed by atoms with van der Waals surface area (Å²) in [5, 5.41) is 1.90. The normalized spacial score (nSPS) is 12.5. The van der Waals surface area contributed by atoms with Gasteiger partial charge in [0, 0.05) is 23.0 Å². The highest BCUT2D eigenvalue weighted by atomic mass is 35.5. The van der Waals surface area contributed by atoms with Crippen LogP contribution >= 0.6 is 11.6 Å². The second-order valence-corrected chi connectivity index (χ2v) is 6.45. The average molecular weight is 343 g/mol. The molecule has 0 aliphatic carbocycles. The van der Waals surface area contributed by atoms with Gasteiger partial charge in [0.05, 0.1) is 11.6 Å². The molecule has 0 fully saturated rings. The Morgan fingerprint density at radius 3 is 2.79 bits per heavy atom. The summed E-state index contributed by atoms with van der Waals surface area (Å²) in [4.78, 5) is 3.33. The molecule has 0 amide bonds. The minimum Gasteiger partial charge on any atom is -0.492 e. The number of hydrogen-bond donors (Lipinski definition) is 2. The van der Waals surface area contributed by atoms with Crippen LogP contribution in [-0.2, 0) is 6.42 Å². The standard InChI is InChI=1S/C20H23ClN2O/c1-2-9-24-20-8-7-14(11-18(20)21)10-15(12-22)17-13-23-19-6-4-3-5-16(17)19/h3-8,11,13,15,23H,2,9-10,12,22H2,1H3. The molecule has 3 nitrogen and oxygen atoms in total. The summed E-state index contributed by atoms with van der Waals surface area (Å²) in [6, 6.07) is 14.3. The molecule has 1 atom stereocenters. The Labute approximate surface area is 147 Å². The molecule has 3 rings (SSSR count). The third kappa shape index (κ3) is 3.58. The second kappa shape index (κ2) is 7.73. The predicted octanol–water partition coefficient (Wildman–Crippen LogP) is 4.90. The molecule has 0 radical (unpaired) electrons. The van der Waals surface area contributed by atoms with Crippen molar-refractivity contribution in [3.8, 4) is 5.75 Å². The van der Waals surface area contributed by atoms with Crippen molar-refractivity contribution in [3.63, 3.8) is 0 Å². The number of nitrogens with one attached hydrogen (secondary N) is 1. The minimum absolute atomic E-state index is 0.250. The van der Waals surface area contributed by atoms with Crippen molar-refractivity contribution in [2.24, 2.45) is 5.73 Å². The maximum absolute atomic E-state index is 6.35. The fourth-order valence-corrected chi connectivity index (χ4v) is 3.29. The van der Waals surface area contributed by atoms with Gasteiger partial charge in [-0.2, -0.15) is 0 Å². The van der Waals surface area contributed by atoms with Crippen LogP contribution in [0.1, 0.15) is 30.4 Å². The van der Waals surface area contributed by atoms with E-state index < -0.39 is 0 Å². The van der Waals surface area contributed by atoms with Gasteiger partial charge in [-0.25, -0.2) is 0 Å². The number of hydrogen-bond acceptors (Lipinski definition) is 2. The number of rotatable bonds is 7. The molecule has 126 valence electrons. The van der Waals surface area contributed by atoms with E-state index in [1.807, 2.05) is 18.2 Å². The van der Waals surface area contributed by atoms with Crippen LogP contribution in [0.4, 0.5) is 0 Å². The number of benzene rings is 2. The average Bonchev–Trinajstić information content (AvgIpc) is 3.03. The molecule has 0 aliphatic heterocycles. The maximum atomic E-state index is 6.35. The third-order valence-electron chi connectivity index (χ3n) is 4.29. The Morgan fingerprint density at radius 1 is 1.21 bits per heavy atom. The molecule has 1 aromatic heterocycles. The molecule has 3 aromatic rings. The fraction of sp³-hybridized carbons (Fsp3) is 0.300. The minimum atomic E-state index is 0.250. The van der Waals surface area contributed by atoms with Crippen molar-refractivity contribution in [2.45, 2.75) is 25.7 Å². The number of aromatic nitrogens is 1. The summed E-state index contributed by atoms with van der Waals surface area (Å²) in [5.74, 6) is 0.998. The number of nitrogens with two attached hydrogens (primary N) is 1. The van der Waals surface area contributed by atoms with Gasteiger partial charge in [0.1, 0.15) is 5.75 Å². The molecule has 0 saturated carbocycles. The van der Waals surface area contributed by atoms with Crippen LogP contribution in [0.25, 0.3) is 10.9 Å². The fourth-order valence-electron chi connectivity index (χ4n) is 3.04. The van der Waals surface area contributed by atoms with E-state index in [-0.39, 0.29) is 5.92 Å². The van der Waals surface area contributed by atoms with E-state index in [9.17, 15) is 0 Å². The molecule has 1 unspecified atom stereocenters. The quantitative estimate of drug-likeness (QED) is 0.642. The first-order chi connectivity index (χ1) is 11.7. The number of H-pyrrole nitrogens is 1. The molecule has 0 saturated heterocycles. The van der Waals surface area contributed by atoms with E-state index in [0.717, 1.165) is 24.1 Å². The highest BCUT2D eigenvalue weighted by Gasteiger charge is 2.16. The highest BCUT2D eigenvalue weighted by Crippen LogP contribution is 2.31. The zero-order valence-electron chi connectivity index (χ0n) is 13.9. The SMILES string of the molecule is CCCOc1ccc(CC(CN)c2c[nH]c3ccccc23)cc1Cl. The molecule has 24 heavy (non-hydrogen) atoms. The van der Waals surface area contributed by atoms with Crippen molar-refractivity contribution in [1.82, 2.24) is 4.98 Å². The van der Waals surface area contributed by atoms with E-state index in [1.165, 1.54) is 16.5 Å². The first-order valence-electron chi connectivity index (χ1n) is 8.40. The largest absolute Gasteiger partial charge is 0.492 e. The van der Waals surface area contributed by atoms with Crippen molar-refractivity contribution in [2.75, 3.05) is 13.2 Å². The number of para-hydroxylation sites is 1. The third-order valence-corrected chi connectivity index (χ3v) is 4.58. The van der Waals surface area contributed by atoms with Crippen molar-refractivity contribution >= 4 is 22.5 Å². The Hall–Kier alpha value is -1.97. The van der Waals surface area contributed by atoms with E-state index in [1.54, 1.807) is 0 Å². The first-order valence-corrected chi connectivity index (χ1v) is 8.78. The lowest BCUT2D eigenvalue weighted by Gasteiger charge is -2.15. The van der Waals surface area contributed by atoms with Gasteiger partial charge in [-0.1, -0.05) is 42.8 Å². The van der Waals surface area contributed by atoms with Crippen molar-refractivity contribution in [3.05, 3.63) is 64.8 Å². The van der Waals surface area contributed by atoms with Crippen LogP contribution in [0.3, 0.4) is 0 Å². The summed E-state index contributed by atoms with van der Waals surface area (Å²) in [5.41, 5.74) is 9.64. The Bertz CT molecular complexity index is 812. The molecule has 3 N–H and O–H groups in total. The number of ether oxygens (including phenoxy) is 1. The molecule has 4 heteroatoms. The van der Waals surface area contributed by atoms with Gasteiger partial charge in [0.15, 0.2) is 0 Å². The smallest absolute Gasteiger partial charge is 0.137 e. The summed E-state index contributed by atoms with van der Waals surface area (Å²) in [7, 11) is 0. The van der Waals surface area contributed by atoms with E-state index >= 15 is 0 Å². The van der Waals surface area contributed by atoms with Crippen LogP contribution < -0.4 is 10.5 Å². The lowest BCUT2D eigenvalue weighted by molar-refractivity contribution is 0.317. The lowest BCUT2D eigenvalue weighted by Crippen LogP contribution is -2.14. The number of halogens is 1. The summed E-state index contributed by atoms with van der Waals surface area (Å²) < 4.78 is 5.64. The molecule has 1 heterocycles. The van der Waals surface area contributed by atoms with Crippen molar-refractivity contribution in [1.29, 1.82) is 0 Å². The first kappa shape index (κ1) is 16.9.